The molecule has 0 aromatic carbocycles. The minimum Gasteiger partial charge on any atom is -0.326 e. The zero-order valence-electron chi connectivity index (χ0n) is 4.50. The van der Waals surface area contributed by atoms with Gasteiger partial charge in [0.2, 0.25) is 0 Å². The molecule has 2 N–H and O–H groups in total. The molecule has 0 aliphatic carbocycles. The van der Waals surface area contributed by atoms with Gasteiger partial charge < -0.3 is 10.5 Å². The van der Waals surface area contributed by atoms with E-state index in [0.29, 0.717) is 0 Å². The largest absolute Gasteiger partial charge is 0.326 e. The average Bonchev–Trinajstić information content (AvgIpc) is 1.68. The molecule has 0 spiro atoms. The molecule has 0 bridgehead atoms. The Morgan fingerprint density at radius 2 is 2.50 bits per heavy atom. The van der Waals surface area contributed by atoms with Gasteiger partial charge in [0.25, 0.3) is 0 Å². The van der Waals surface area contributed by atoms with E-state index in [9.17, 15) is 4.79 Å². The third-order valence-corrected chi connectivity index (χ3v) is 0.752. The van der Waals surface area contributed by atoms with Gasteiger partial charge in [-0.3, -0.25) is 0 Å². The molecule has 0 aromatic heterocycles. The topological polar surface area (TPSA) is 66.9 Å². The van der Waals surface area contributed by atoms with Crippen LogP contribution in [0, 0.1) is 11.3 Å². The third-order valence-electron chi connectivity index (χ3n) is 0.752. The van der Waals surface area contributed by atoms with Gasteiger partial charge in [-0.15, -0.1) is 0 Å². The van der Waals surface area contributed by atoms with Crippen molar-refractivity contribution < 1.29 is 4.79 Å². The van der Waals surface area contributed by atoms with E-state index in [1.54, 1.807) is 0 Å². The maximum Gasteiger partial charge on any atom is 0.121 e. The van der Waals surface area contributed by atoms with Crippen molar-refractivity contribution in [3.05, 3.63) is 0 Å². The predicted molar refractivity (Wildman–Crippen MR) is 28.9 cm³/mol. The Balaban J connectivity index is 3.20. The van der Waals surface area contributed by atoms with E-state index in [-0.39, 0.29) is 18.9 Å². The van der Waals surface area contributed by atoms with E-state index < -0.39 is 0 Å². The van der Waals surface area contributed by atoms with Crippen LogP contribution in [0.1, 0.15) is 12.8 Å². The van der Waals surface area contributed by atoms with Crippen molar-refractivity contribution in [2.75, 3.05) is 0 Å². The van der Waals surface area contributed by atoms with Gasteiger partial charge in [0.1, 0.15) is 6.29 Å². The Kier molecular flexibility index (Phi) is 3.81. The second-order valence-electron chi connectivity index (χ2n) is 1.52. The molecule has 1 atom stereocenters. The highest BCUT2D eigenvalue weighted by atomic mass is 16.1. The van der Waals surface area contributed by atoms with Crippen molar-refractivity contribution in [1.29, 1.82) is 5.26 Å². The van der Waals surface area contributed by atoms with Gasteiger partial charge in [0.15, 0.2) is 0 Å². The number of nitrogens with zero attached hydrogens (tertiary/aromatic N) is 1. The second kappa shape index (κ2) is 4.28. The lowest BCUT2D eigenvalue weighted by atomic mass is 10.2. The van der Waals surface area contributed by atoms with Crippen molar-refractivity contribution in [1.82, 2.24) is 0 Å². The van der Waals surface area contributed by atoms with Crippen LogP contribution in [0.3, 0.4) is 0 Å². The first-order valence-corrected chi connectivity index (χ1v) is 2.37. The van der Waals surface area contributed by atoms with Crippen molar-refractivity contribution in [2.24, 2.45) is 5.73 Å². The summed E-state index contributed by atoms with van der Waals surface area (Å²) in [5.74, 6) is 0. The van der Waals surface area contributed by atoms with E-state index in [1.807, 2.05) is 6.07 Å². The minimum atomic E-state index is -0.266. The molecule has 0 rings (SSSR count). The van der Waals surface area contributed by atoms with Crippen LogP contribution in [0.25, 0.3) is 0 Å². The normalized spacial score (nSPS) is 12.0. The van der Waals surface area contributed by atoms with E-state index in [2.05, 4.69) is 0 Å². The fourth-order valence-electron chi connectivity index (χ4n) is 0.324. The van der Waals surface area contributed by atoms with Crippen LogP contribution in [-0.2, 0) is 4.79 Å². The van der Waals surface area contributed by atoms with Crippen molar-refractivity contribution in [3.63, 3.8) is 0 Å². The van der Waals surface area contributed by atoms with Gasteiger partial charge in [-0.1, -0.05) is 0 Å². The Morgan fingerprint density at radius 3 is 2.88 bits per heavy atom. The minimum absolute atomic E-state index is 0.263. The summed E-state index contributed by atoms with van der Waals surface area (Å²) in [6.45, 7) is 0. The molecular formula is C5H8N2O. The van der Waals surface area contributed by atoms with Gasteiger partial charge in [0.05, 0.1) is 12.5 Å². The summed E-state index contributed by atoms with van der Waals surface area (Å²) < 4.78 is 0. The first-order valence-electron chi connectivity index (χ1n) is 2.37. The Morgan fingerprint density at radius 1 is 1.88 bits per heavy atom. The summed E-state index contributed by atoms with van der Waals surface area (Å²) in [4.78, 5) is 9.70. The summed E-state index contributed by atoms with van der Waals surface area (Å²) in [7, 11) is 0. The number of carbonyl (C=O) groups is 1. The zero-order valence-corrected chi connectivity index (χ0v) is 4.50. The van der Waals surface area contributed by atoms with Crippen molar-refractivity contribution >= 4 is 6.29 Å². The highest BCUT2D eigenvalue weighted by Gasteiger charge is 1.97. The van der Waals surface area contributed by atoms with Gasteiger partial charge >= 0.3 is 0 Å². The number of carbonyl (C=O) groups excluding carboxylic acids is 1. The van der Waals surface area contributed by atoms with E-state index >= 15 is 0 Å². The lowest BCUT2D eigenvalue weighted by Gasteiger charge is -1.97. The van der Waals surface area contributed by atoms with Gasteiger partial charge in [-0.2, -0.15) is 5.26 Å². The molecule has 8 heavy (non-hydrogen) atoms. The van der Waals surface area contributed by atoms with Crippen molar-refractivity contribution in [2.45, 2.75) is 18.9 Å². The monoisotopic (exact) mass is 112 g/mol. The highest BCUT2D eigenvalue weighted by Crippen LogP contribution is 1.87. The summed E-state index contributed by atoms with van der Waals surface area (Å²) in [5.41, 5.74) is 5.24. The molecule has 0 amide bonds. The fraction of sp³-hybridized carbons (Fsp3) is 0.600. The van der Waals surface area contributed by atoms with Crippen LogP contribution < -0.4 is 5.73 Å². The maximum absolute atomic E-state index is 9.70. The number of hydrogen-bond donors (Lipinski definition) is 1. The van der Waals surface area contributed by atoms with Gasteiger partial charge in [0, 0.05) is 12.5 Å². The van der Waals surface area contributed by atoms with Gasteiger partial charge in [-0.05, 0) is 0 Å². The summed E-state index contributed by atoms with van der Waals surface area (Å²) in [6, 6.07) is 1.60. The lowest BCUT2D eigenvalue weighted by molar-refractivity contribution is -0.108. The SMILES string of the molecule is N#CCC(N)CC=O. The fourth-order valence-corrected chi connectivity index (χ4v) is 0.324. The van der Waals surface area contributed by atoms with E-state index in [0.717, 1.165) is 6.29 Å². The quantitative estimate of drug-likeness (QED) is 0.515. The summed E-state index contributed by atoms with van der Waals surface area (Å²) in [5, 5.41) is 8.02. The molecular weight excluding hydrogens is 104 g/mol. The molecule has 3 nitrogen and oxygen atoms in total. The maximum atomic E-state index is 9.70. The lowest BCUT2D eigenvalue weighted by Crippen LogP contribution is -2.18. The molecule has 0 aliphatic heterocycles. The molecule has 0 heterocycles. The van der Waals surface area contributed by atoms with Crippen LogP contribution >= 0.6 is 0 Å². The zero-order chi connectivity index (χ0) is 6.41. The second-order valence-corrected chi connectivity index (χ2v) is 1.52. The summed E-state index contributed by atoms with van der Waals surface area (Å²) >= 11 is 0. The number of hydrogen-bond acceptors (Lipinski definition) is 3. The smallest absolute Gasteiger partial charge is 0.121 e. The Labute approximate surface area is 48.1 Å². The molecule has 3 heteroatoms. The highest BCUT2D eigenvalue weighted by molar-refractivity contribution is 5.50. The Bertz CT molecular complexity index is 105. The molecule has 0 fully saturated rings. The van der Waals surface area contributed by atoms with Crippen LogP contribution in [-0.4, -0.2) is 12.3 Å². The molecule has 1 unspecified atom stereocenters. The first-order chi connectivity index (χ1) is 3.81. The van der Waals surface area contributed by atoms with Crippen LogP contribution in [0.4, 0.5) is 0 Å². The Hall–Kier alpha value is -0.880. The van der Waals surface area contributed by atoms with Crippen LogP contribution in [0.15, 0.2) is 0 Å². The number of rotatable bonds is 3. The molecule has 0 saturated heterocycles. The number of aldehydes is 1. The predicted octanol–water partition coefficient (Wildman–Crippen LogP) is -0.184. The average molecular weight is 112 g/mol. The van der Waals surface area contributed by atoms with Crippen molar-refractivity contribution in [3.8, 4) is 6.07 Å². The molecule has 44 valence electrons. The number of nitrogens with two attached hydrogens (primary N) is 1. The van der Waals surface area contributed by atoms with E-state index in [1.165, 1.54) is 0 Å². The molecule has 0 aromatic rings. The number of nitriles is 1. The standard InChI is InChI=1S/C5H8N2O/c6-3-1-5(7)2-4-8/h4-5H,1-2,7H2. The third kappa shape index (κ3) is 3.32. The summed E-state index contributed by atoms with van der Waals surface area (Å²) in [6.07, 6.45) is 1.27. The molecule has 0 radical (unpaired) electrons. The van der Waals surface area contributed by atoms with Gasteiger partial charge in [-0.25, -0.2) is 0 Å². The van der Waals surface area contributed by atoms with E-state index in [4.69, 9.17) is 11.0 Å². The van der Waals surface area contributed by atoms with Crippen LogP contribution in [0.2, 0.25) is 0 Å². The molecule has 0 aliphatic rings. The first kappa shape index (κ1) is 7.12. The van der Waals surface area contributed by atoms with Crippen LogP contribution in [0.5, 0.6) is 0 Å². The molecule has 0 saturated carbocycles.